The SMILES string of the molecule is O=C(Nc1ccc(C(=O)N2CCCCC2)cc1)c1cc(-c2ccncc2)nc2ccc(Cl)cc12. The van der Waals surface area contributed by atoms with Crippen molar-refractivity contribution in [1.82, 2.24) is 14.9 Å². The van der Waals surface area contributed by atoms with E-state index in [2.05, 4.69) is 10.3 Å². The molecule has 0 saturated carbocycles. The number of rotatable bonds is 4. The number of likely N-dealkylation sites (tertiary alicyclic amines) is 1. The first kappa shape index (κ1) is 22.0. The second-order valence-corrected chi connectivity index (χ2v) is 8.77. The van der Waals surface area contributed by atoms with Crippen molar-refractivity contribution in [2.24, 2.45) is 0 Å². The van der Waals surface area contributed by atoms with Crippen LogP contribution in [-0.2, 0) is 0 Å². The lowest BCUT2D eigenvalue weighted by molar-refractivity contribution is 0.0724. The van der Waals surface area contributed by atoms with Crippen LogP contribution in [0.5, 0.6) is 0 Å². The lowest BCUT2D eigenvalue weighted by Crippen LogP contribution is -2.35. The van der Waals surface area contributed by atoms with Crippen molar-refractivity contribution in [3.8, 4) is 11.3 Å². The third kappa shape index (κ3) is 4.63. The van der Waals surface area contributed by atoms with Crippen LogP contribution in [-0.4, -0.2) is 39.8 Å². The average molecular weight is 471 g/mol. The summed E-state index contributed by atoms with van der Waals surface area (Å²) in [5.74, 6) is -0.241. The smallest absolute Gasteiger partial charge is 0.256 e. The van der Waals surface area contributed by atoms with Gasteiger partial charge in [0.2, 0.25) is 0 Å². The molecule has 7 heteroatoms. The van der Waals surface area contributed by atoms with Gasteiger partial charge in [0.25, 0.3) is 11.8 Å². The number of halogens is 1. The van der Waals surface area contributed by atoms with Gasteiger partial charge in [-0.25, -0.2) is 4.98 Å². The predicted molar refractivity (Wildman–Crippen MR) is 134 cm³/mol. The van der Waals surface area contributed by atoms with E-state index < -0.39 is 0 Å². The van der Waals surface area contributed by atoms with Gasteiger partial charge in [0.15, 0.2) is 0 Å². The Hall–Kier alpha value is -3.77. The van der Waals surface area contributed by atoms with Crippen LogP contribution >= 0.6 is 11.6 Å². The third-order valence-electron chi connectivity index (χ3n) is 6.02. The van der Waals surface area contributed by atoms with Gasteiger partial charge >= 0.3 is 0 Å². The zero-order valence-electron chi connectivity index (χ0n) is 18.5. The molecule has 6 nitrogen and oxygen atoms in total. The number of nitrogens with one attached hydrogen (secondary N) is 1. The number of carbonyl (C=O) groups excluding carboxylic acids is 2. The molecule has 0 unspecified atom stereocenters. The summed E-state index contributed by atoms with van der Waals surface area (Å²) in [5.41, 5.74) is 3.91. The quantitative estimate of drug-likeness (QED) is 0.407. The van der Waals surface area contributed by atoms with Gasteiger partial charge in [-0.2, -0.15) is 0 Å². The fourth-order valence-electron chi connectivity index (χ4n) is 4.23. The van der Waals surface area contributed by atoms with Crippen LogP contribution in [0.25, 0.3) is 22.2 Å². The van der Waals surface area contributed by atoms with Crippen molar-refractivity contribution < 1.29 is 9.59 Å². The van der Waals surface area contributed by atoms with E-state index in [0.29, 0.717) is 38.4 Å². The largest absolute Gasteiger partial charge is 0.339 e. The summed E-state index contributed by atoms with van der Waals surface area (Å²) < 4.78 is 0. The molecule has 0 bridgehead atoms. The third-order valence-corrected chi connectivity index (χ3v) is 6.26. The molecule has 5 rings (SSSR count). The summed E-state index contributed by atoms with van der Waals surface area (Å²) in [5, 5.41) is 4.14. The topological polar surface area (TPSA) is 75.2 Å². The zero-order valence-corrected chi connectivity index (χ0v) is 19.3. The van der Waals surface area contributed by atoms with Gasteiger partial charge in [0.1, 0.15) is 0 Å². The molecule has 0 radical (unpaired) electrons. The molecule has 1 saturated heterocycles. The molecule has 1 N–H and O–H groups in total. The summed E-state index contributed by atoms with van der Waals surface area (Å²) in [7, 11) is 0. The zero-order chi connectivity index (χ0) is 23.5. The number of fused-ring (bicyclic) bond motifs is 1. The molecule has 1 aliphatic heterocycles. The summed E-state index contributed by atoms with van der Waals surface area (Å²) in [4.78, 5) is 36.7. The van der Waals surface area contributed by atoms with Gasteiger partial charge in [-0.3, -0.25) is 14.6 Å². The minimum absolute atomic E-state index is 0.0364. The summed E-state index contributed by atoms with van der Waals surface area (Å²) in [6.07, 6.45) is 6.65. The Morgan fingerprint density at radius 2 is 1.62 bits per heavy atom. The van der Waals surface area contributed by atoms with E-state index in [1.165, 1.54) is 6.42 Å². The Kier molecular flexibility index (Phi) is 6.23. The highest BCUT2D eigenvalue weighted by molar-refractivity contribution is 6.31. The fraction of sp³-hybridized carbons (Fsp3) is 0.185. The second-order valence-electron chi connectivity index (χ2n) is 8.34. The van der Waals surface area contributed by atoms with Crippen molar-refractivity contribution in [2.45, 2.75) is 19.3 Å². The minimum atomic E-state index is -0.278. The molecular formula is C27H23ClN4O2. The van der Waals surface area contributed by atoms with Crippen molar-refractivity contribution in [3.05, 3.63) is 89.2 Å². The lowest BCUT2D eigenvalue weighted by Gasteiger charge is -2.26. The maximum absolute atomic E-state index is 13.3. The molecular weight excluding hydrogens is 448 g/mol. The maximum atomic E-state index is 13.3. The normalized spacial score (nSPS) is 13.6. The number of nitrogens with zero attached hydrogens (tertiary/aromatic N) is 3. The van der Waals surface area contributed by atoms with Crippen LogP contribution in [0.15, 0.2) is 73.1 Å². The van der Waals surface area contributed by atoms with Crippen molar-refractivity contribution in [1.29, 1.82) is 0 Å². The number of amides is 2. The molecule has 1 fully saturated rings. The molecule has 0 aliphatic carbocycles. The standard InChI is InChI=1S/C27H23ClN4O2/c28-20-6-9-24-22(16-20)23(17-25(31-24)18-10-12-29-13-11-18)26(33)30-21-7-4-19(5-8-21)27(34)32-14-2-1-3-15-32/h4-13,16-17H,1-3,14-15H2,(H,30,33). The number of carbonyl (C=O) groups is 2. The second kappa shape index (κ2) is 9.61. The highest BCUT2D eigenvalue weighted by Crippen LogP contribution is 2.28. The van der Waals surface area contributed by atoms with E-state index in [0.717, 1.165) is 31.5 Å². The lowest BCUT2D eigenvalue weighted by atomic mass is 10.0. The van der Waals surface area contributed by atoms with Crippen LogP contribution in [0.1, 0.15) is 40.0 Å². The van der Waals surface area contributed by atoms with Crippen LogP contribution in [0, 0.1) is 0 Å². The van der Waals surface area contributed by atoms with Gasteiger partial charge in [0.05, 0.1) is 16.8 Å². The van der Waals surface area contributed by atoms with Gasteiger partial charge < -0.3 is 10.2 Å². The number of benzene rings is 2. The number of aromatic nitrogens is 2. The molecule has 2 aromatic heterocycles. The molecule has 0 atom stereocenters. The summed E-state index contributed by atoms with van der Waals surface area (Å²) in [6, 6.07) is 17.8. The number of hydrogen-bond donors (Lipinski definition) is 1. The van der Waals surface area contributed by atoms with E-state index in [1.54, 1.807) is 60.9 Å². The van der Waals surface area contributed by atoms with Crippen molar-refractivity contribution in [2.75, 3.05) is 18.4 Å². The number of hydrogen-bond acceptors (Lipinski definition) is 4. The van der Waals surface area contributed by atoms with Crippen molar-refractivity contribution >= 4 is 40.0 Å². The van der Waals surface area contributed by atoms with E-state index >= 15 is 0 Å². The van der Waals surface area contributed by atoms with Gasteiger partial charge in [0, 0.05) is 52.7 Å². The van der Waals surface area contributed by atoms with Crippen molar-refractivity contribution in [3.63, 3.8) is 0 Å². The number of piperidine rings is 1. The number of anilines is 1. The average Bonchev–Trinajstić information content (AvgIpc) is 2.89. The van der Waals surface area contributed by atoms with E-state index in [9.17, 15) is 9.59 Å². The first-order valence-electron chi connectivity index (χ1n) is 11.3. The molecule has 0 spiro atoms. The monoisotopic (exact) mass is 470 g/mol. The van der Waals surface area contributed by atoms with E-state index in [1.807, 2.05) is 17.0 Å². The van der Waals surface area contributed by atoms with E-state index in [-0.39, 0.29) is 11.8 Å². The molecule has 1 aliphatic rings. The minimum Gasteiger partial charge on any atom is -0.339 e. The molecule has 3 heterocycles. The fourth-order valence-corrected chi connectivity index (χ4v) is 4.40. The number of pyridine rings is 2. The Balaban J connectivity index is 1.43. The maximum Gasteiger partial charge on any atom is 0.256 e. The Morgan fingerprint density at radius 1 is 0.882 bits per heavy atom. The van der Waals surface area contributed by atoms with Crippen LogP contribution in [0.4, 0.5) is 5.69 Å². The van der Waals surface area contributed by atoms with Crippen LogP contribution in [0.2, 0.25) is 5.02 Å². The molecule has 2 aromatic carbocycles. The first-order valence-corrected chi connectivity index (χ1v) is 11.7. The molecule has 2 amide bonds. The van der Waals surface area contributed by atoms with Gasteiger partial charge in [-0.15, -0.1) is 0 Å². The Morgan fingerprint density at radius 3 is 2.35 bits per heavy atom. The molecule has 34 heavy (non-hydrogen) atoms. The molecule has 170 valence electrons. The highest BCUT2D eigenvalue weighted by atomic mass is 35.5. The Bertz CT molecular complexity index is 1350. The predicted octanol–water partition coefficient (Wildman–Crippen LogP) is 5.83. The van der Waals surface area contributed by atoms with Gasteiger partial charge in [-0.1, -0.05) is 11.6 Å². The summed E-state index contributed by atoms with van der Waals surface area (Å²) in [6.45, 7) is 1.60. The summed E-state index contributed by atoms with van der Waals surface area (Å²) >= 11 is 6.22. The molecule has 4 aromatic rings. The first-order chi connectivity index (χ1) is 16.6. The Labute approximate surface area is 202 Å². The van der Waals surface area contributed by atoms with Crippen LogP contribution < -0.4 is 5.32 Å². The highest BCUT2D eigenvalue weighted by Gasteiger charge is 2.19. The van der Waals surface area contributed by atoms with Crippen LogP contribution in [0.3, 0.4) is 0 Å². The van der Waals surface area contributed by atoms with E-state index in [4.69, 9.17) is 16.6 Å². The van der Waals surface area contributed by atoms with Gasteiger partial charge in [-0.05, 0) is 79.9 Å².